The van der Waals surface area contributed by atoms with Crippen LogP contribution in [0.25, 0.3) is 0 Å². The molecule has 1 saturated heterocycles. The Morgan fingerprint density at radius 3 is 2.74 bits per heavy atom. The van der Waals surface area contributed by atoms with Crippen LogP contribution >= 0.6 is 22.6 Å². The van der Waals surface area contributed by atoms with Crippen molar-refractivity contribution in [1.29, 1.82) is 0 Å². The fourth-order valence-electron chi connectivity index (χ4n) is 2.31. The van der Waals surface area contributed by atoms with Gasteiger partial charge in [-0.05, 0) is 53.2 Å². The molecule has 1 N–H and O–H groups in total. The van der Waals surface area contributed by atoms with E-state index in [0.29, 0.717) is 6.61 Å². The lowest BCUT2D eigenvalue weighted by Gasteiger charge is -2.38. The first-order valence-corrected chi connectivity index (χ1v) is 11.9. The molecule has 2 atom stereocenters. The standard InChI is InChI=1S/C16H26FIN2O2Si/c1-16(2,3)23(4,5)22-12-8-11(20-9-12)10-21-14-13(18)6-7-19-15(14)17/h6-7,11-12,20H,8-10H2,1-5H3/t11-,12-/m0/s1. The average molecular weight is 452 g/mol. The Kier molecular flexibility index (Phi) is 6.08. The Balaban J connectivity index is 1.87. The van der Waals surface area contributed by atoms with Crippen LogP contribution in [0.3, 0.4) is 0 Å². The Morgan fingerprint density at radius 1 is 1.43 bits per heavy atom. The Labute approximate surface area is 152 Å². The van der Waals surface area contributed by atoms with Crippen molar-refractivity contribution >= 4 is 30.9 Å². The number of hydrogen-bond donors (Lipinski definition) is 1. The molecule has 0 radical (unpaired) electrons. The maximum atomic E-state index is 13.7. The third kappa shape index (κ3) is 4.87. The van der Waals surface area contributed by atoms with Gasteiger partial charge in [0, 0.05) is 18.8 Å². The van der Waals surface area contributed by atoms with Crippen LogP contribution in [0.5, 0.6) is 5.75 Å². The first-order valence-electron chi connectivity index (χ1n) is 7.94. The van der Waals surface area contributed by atoms with Gasteiger partial charge in [0.05, 0.1) is 9.67 Å². The van der Waals surface area contributed by atoms with E-state index in [1.807, 2.05) is 0 Å². The van der Waals surface area contributed by atoms with Crippen LogP contribution in [0, 0.1) is 9.52 Å². The number of nitrogens with zero attached hydrogens (tertiary/aromatic N) is 1. The van der Waals surface area contributed by atoms with Crippen LogP contribution in [0.2, 0.25) is 18.1 Å². The highest BCUT2D eigenvalue weighted by Gasteiger charge is 2.40. The van der Waals surface area contributed by atoms with Crippen LogP contribution < -0.4 is 10.1 Å². The second-order valence-electron chi connectivity index (χ2n) is 7.56. The van der Waals surface area contributed by atoms with Crippen LogP contribution in [0.1, 0.15) is 27.2 Å². The fraction of sp³-hybridized carbons (Fsp3) is 0.688. The number of ether oxygens (including phenoxy) is 1. The van der Waals surface area contributed by atoms with E-state index in [9.17, 15) is 4.39 Å². The van der Waals surface area contributed by atoms with Crippen molar-refractivity contribution in [2.75, 3.05) is 13.2 Å². The van der Waals surface area contributed by atoms with E-state index in [4.69, 9.17) is 9.16 Å². The molecule has 0 aliphatic carbocycles. The van der Waals surface area contributed by atoms with Gasteiger partial charge in [0.25, 0.3) is 5.95 Å². The van der Waals surface area contributed by atoms with Crippen LogP contribution in [0.4, 0.5) is 4.39 Å². The molecule has 1 aliphatic heterocycles. The zero-order valence-electron chi connectivity index (χ0n) is 14.5. The lowest BCUT2D eigenvalue weighted by atomic mass is 10.2. The van der Waals surface area contributed by atoms with Gasteiger partial charge in [-0.2, -0.15) is 4.39 Å². The zero-order chi connectivity index (χ0) is 17.3. The Morgan fingerprint density at radius 2 is 2.13 bits per heavy atom. The van der Waals surface area contributed by atoms with Gasteiger partial charge in [0.2, 0.25) is 0 Å². The highest BCUT2D eigenvalue weighted by molar-refractivity contribution is 14.1. The van der Waals surface area contributed by atoms with E-state index < -0.39 is 14.3 Å². The summed E-state index contributed by atoms with van der Waals surface area (Å²) in [6.45, 7) is 12.5. The first-order chi connectivity index (χ1) is 10.6. The minimum Gasteiger partial charge on any atom is -0.486 e. The van der Waals surface area contributed by atoms with Crippen LogP contribution in [-0.2, 0) is 4.43 Å². The summed E-state index contributed by atoms with van der Waals surface area (Å²) in [4.78, 5) is 3.64. The molecule has 7 heteroatoms. The smallest absolute Gasteiger partial charge is 0.256 e. The summed E-state index contributed by atoms with van der Waals surface area (Å²) in [5.74, 6) is -0.312. The molecule has 0 spiro atoms. The van der Waals surface area contributed by atoms with Gasteiger partial charge < -0.3 is 14.5 Å². The molecule has 23 heavy (non-hydrogen) atoms. The average Bonchev–Trinajstić information content (AvgIpc) is 2.83. The van der Waals surface area contributed by atoms with E-state index in [0.717, 1.165) is 16.5 Å². The van der Waals surface area contributed by atoms with E-state index in [1.165, 1.54) is 6.20 Å². The number of hydrogen-bond acceptors (Lipinski definition) is 4. The molecule has 2 heterocycles. The normalized spacial score (nSPS) is 22.4. The maximum Gasteiger partial charge on any atom is 0.256 e. The third-order valence-electron chi connectivity index (χ3n) is 4.69. The third-order valence-corrected chi connectivity index (χ3v) is 10.1. The van der Waals surface area contributed by atoms with Crippen molar-refractivity contribution in [3.8, 4) is 5.75 Å². The highest BCUT2D eigenvalue weighted by Crippen LogP contribution is 2.38. The summed E-state index contributed by atoms with van der Waals surface area (Å²) >= 11 is 2.06. The molecule has 1 aromatic rings. The molecular formula is C16H26FIN2O2Si. The molecular weight excluding hydrogens is 426 g/mol. The van der Waals surface area contributed by atoms with Crippen LogP contribution in [-0.4, -0.2) is 38.6 Å². The molecule has 130 valence electrons. The quantitative estimate of drug-likeness (QED) is 0.418. The number of rotatable bonds is 5. The first kappa shape index (κ1) is 19.1. The van der Waals surface area contributed by atoms with Crippen molar-refractivity contribution in [3.05, 3.63) is 21.8 Å². The van der Waals surface area contributed by atoms with E-state index in [1.54, 1.807) is 6.07 Å². The van der Waals surface area contributed by atoms with Crippen LogP contribution in [0.15, 0.2) is 12.3 Å². The zero-order valence-corrected chi connectivity index (χ0v) is 17.6. The largest absolute Gasteiger partial charge is 0.486 e. The van der Waals surface area contributed by atoms with Crippen molar-refractivity contribution in [2.45, 2.75) is 57.5 Å². The second kappa shape index (κ2) is 7.33. The summed E-state index contributed by atoms with van der Waals surface area (Å²) in [7, 11) is -1.76. The minimum absolute atomic E-state index is 0.181. The Hall–Kier alpha value is -0.253. The van der Waals surface area contributed by atoms with Gasteiger partial charge in [0.15, 0.2) is 14.1 Å². The molecule has 0 bridgehead atoms. The van der Waals surface area contributed by atoms with Crippen molar-refractivity contribution in [3.63, 3.8) is 0 Å². The number of nitrogens with one attached hydrogen (secondary N) is 1. The van der Waals surface area contributed by atoms with Gasteiger partial charge in [-0.15, -0.1) is 0 Å². The lowest BCUT2D eigenvalue weighted by molar-refractivity contribution is 0.190. The minimum atomic E-state index is -1.76. The Bertz CT molecular complexity index is 531. The van der Waals surface area contributed by atoms with Crippen molar-refractivity contribution < 1.29 is 13.6 Å². The van der Waals surface area contributed by atoms with Gasteiger partial charge in [-0.1, -0.05) is 20.8 Å². The predicted molar refractivity (Wildman–Crippen MR) is 101 cm³/mol. The molecule has 4 nitrogen and oxygen atoms in total. The lowest BCUT2D eigenvalue weighted by Crippen LogP contribution is -2.44. The number of halogens is 2. The van der Waals surface area contributed by atoms with Gasteiger partial charge in [-0.3, -0.25) is 0 Å². The molecule has 0 amide bonds. The molecule has 0 unspecified atom stereocenters. The monoisotopic (exact) mass is 452 g/mol. The summed E-state index contributed by atoms with van der Waals surface area (Å²) < 4.78 is 26.5. The summed E-state index contributed by atoms with van der Waals surface area (Å²) in [5.41, 5.74) is 0. The molecule has 0 aromatic carbocycles. The summed E-state index contributed by atoms with van der Waals surface area (Å²) in [6.07, 6.45) is 2.55. The van der Waals surface area contributed by atoms with E-state index >= 15 is 0 Å². The topological polar surface area (TPSA) is 43.4 Å². The molecule has 0 saturated carbocycles. The van der Waals surface area contributed by atoms with E-state index in [2.05, 4.69) is 66.8 Å². The SMILES string of the molecule is CC(C)(C)[Si](C)(C)O[C@@H]1CN[C@H](COc2c(I)ccnc2F)C1. The van der Waals surface area contributed by atoms with Gasteiger partial charge in [-0.25, -0.2) is 4.98 Å². The van der Waals surface area contributed by atoms with Crippen molar-refractivity contribution in [2.24, 2.45) is 0 Å². The molecule has 1 aliphatic rings. The summed E-state index contributed by atoms with van der Waals surface area (Å²) in [6, 6.07) is 1.92. The van der Waals surface area contributed by atoms with E-state index in [-0.39, 0.29) is 22.9 Å². The predicted octanol–water partition coefficient (Wildman–Crippen LogP) is 3.96. The van der Waals surface area contributed by atoms with Gasteiger partial charge in [0.1, 0.15) is 6.61 Å². The molecule has 2 rings (SSSR count). The molecule has 1 fully saturated rings. The summed E-state index contributed by atoms with van der Waals surface area (Å²) in [5, 5.41) is 3.62. The van der Waals surface area contributed by atoms with Gasteiger partial charge >= 0.3 is 0 Å². The molecule has 1 aromatic heterocycles. The highest BCUT2D eigenvalue weighted by atomic mass is 127. The second-order valence-corrected chi connectivity index (χ2v) is 13.5. The maximum absolute atomic E-state index is 13.7. The fourth-order valence-corrected chi connectivity index (χ4v) is 4.21. The number of aromatic nitrogens is 1. The number of pyridine rings is 1. The van der Waals surface area contributed by atoms with Crippen molar-refractivity contribution in [1.82, 2.24) is 10.3 Å².